The number of aliphatic carboxylic acids is 1. The van der Waals surface area contributed by atoms with Gasteiger partial charge in [-0.3, -0.25) is 0 Å². The lowest BCUT2D eigenvalue weighted by Gasteiger charge is -2.12. The van der Waals surface area contributed by atoms with Crippen LogP contribution in [0.2, 0.25) is 0 Å². The summed E-state index contributed by atoms with van der Waals surface area (Å²) in [6, 6.07) is 20.7. The molecule has 0 aliphatic carbocycles. The molecule has 0 aliphatic rings. The highest BCUT2D eigenvalue weighted by Gasteiger charge is 2.10. The zero-order valence-corrected chi connectivity index (χ0v) is 15.7. The monoisotopic (exact) mass is 358 g/mol. The molecule has 0 unspecified atom stereocenters. The van der Waals surface area contributed by atoms with Gasteiger partial charge in [-0.05, 0) is 72.9 Å². The van der Waals surface area contributed by atoms with E-state index in [1.54, 1.807) is 18.2 Å². The smallest absolute Gasteiger partial charge is 0.336 e. The maximum absolute atomic E-state index is 11.6. The molecule has 3 aromatic carbocycles. The highest BCUT2D eigenvalue weighted by atomic mass is 16.5. The van der Waals surface area contributed by atoms with Crippen LogP contribution in [0.1, 0.15) is 27.8 Å². The van der Waals surface area contributed by atoms with Crippen LogP contribution in [0.15, 0.2) is 66.7 Å². The molecule has 0 saturated carbocycles. The molecular formula is C24H22O3. The summed E-state index contributed by atoms with van der Waals surface area (Å²) in [4.78, 5) is 11.6. The largest absolute Gasteiger partial charge is 0.478 e. The Morgan fingerprint density at radius 1 is 0.926 bits per heavy atom. The summed E-state index contributed by atoms with van der Waals surface area (Å²) in [5, 5.41) is 9.53. The van der Waals surface area contributed by atoms with Crippen molar-refractivity contribution in [2.45, 2.75) is 20.8 Å². The molecule has 27 heavy (non-hydrogen) atoms. The third kappa shape index (κ3) is 4.45. The summed E-state index contributed by atoms with van der Waals surface area (Å²) in [5.41, 5.74) is 5.20. The van der Waals surface area contributed by atoms with Crippen LogP contribution in [0.5, 0.6) is 11.5 Å². The normalized spacial score (nSPS) is 11.3. The van der Waals surface area contributed by atoms with Crippen molar-refractivity contribution in [2.24, 2.45) is 0 Å². The Hall–Kier alpha value is -3.33. The fraction of sp³-hybridized carbons (Fsp3) is 0.125. The number of hydrogen-bond donors (Lipinski definition) is 1. The first-order valence-electron chi connectivity index (χ1n) is 8.80. The molecule has 0 aromatic heterocycles. The molecule has 0 aliphatic heterocycles. The molecule has 0 bridgehead atoms. The lowest BCUT2D eigenvalue weighted by Crippen LogP contribution is -1.99. The Morgan fingerprint density at radius 3 is 2.22 bits per heavy atom. The Balaban J connectivity index is 1.86. The highest BCUT2D eigenvalue weighted by molar-refractivity contribution is 6.20. The number of carbonyl (C=O) groups is 1. The van der Waals surface area contributed by atoms with Crippen LogP contribution >= 0.6 is 0 Å². The molecule has 136 valence electrons. The molecular weight excluding hydrogens is 336 g/mol. The maximum Gasteiger partial charge on any atom is 0.336 e. The molecule has 3 heteroatoms. The van der Waals surface area contributed by atoms with Gasteiger partial charge in [-0.25, -0.2) is 4.79 Å². The summed E-state index contributed by atoms with van der Waals surface area (Å²) < 4.78 is 6.03. The van der Waals surface area contributed by atoms with Crippen LogP contribution in [0.25, 0.3) is 11.6 Å². The van der Waals surface area contributed by atoms with Crippen molar-refractivity contribution < 1.29 is 14.6 Å². The van der Waals surface area contributed by atoms with E-state index < -0.39 is 5.97 Å². The molecule has 0 heterocycles. The second-order valence-corrected chi connectivity index (χ2v) is 6.61. The summed E-state index contributed by atoms with van der Waals surface area (Å²) in [7, 11) is 0. The van der Waals surface area contributed by atoms with Crippen molar-refractivity contribution >= 4 is 17.6 Å². The second kappa shape index (κ2) is 7.92. The Kier molecular flexibility index (Phi) is 5.41. The van der Waals surface area contributed by atoms with Gasteiger partial charge >= 0.3 is 5.97 Å². The third-order valence-electron chi connectivity index (χ3n) is 4.50. The second-order valence-electron chi connectivity index (χ2n) is 6.61. The van der Waals surface area contributed by atoms with E-state index in [2.05, 4.69) is 13.0 Å². The molecule has 0 amide bonds. The average Bonchev–Trinajstić information content (AvgIpc) is 2.65. The standard InChI is InChI=1S/C24H22O3/c1-16-13-17(2)18(3)23(14-16)27-21-11-9-19(10-12-21)15-22(24(25)26)20-7-5-4-6-8-20/h4-15H,1-3H3,(H,25,26)/b22-15+. The number of hydrogen-bond acceptors (Lipinski definition) is 2. The first-order valence-corrected chi connectivity index (χ1v) is 8.80. The van der Waals surface area contributed by atoms with Crippen molar-refractivity contribution in [3.8, 4) is 11.5 Å². The molecule has 3 nitrogen and oxygen atoms in total. The van der Waals surface area contributed by atoms with Crippen molar-refractivity contribution in [1.29, 1.82) is 0 Å². The lowest BCUT2D eigenvalue weighted by molar-refractivity contribution is -0.130. The van der Waals surface area contributed by atoms with Crippen LogP contribution < -0.4 is 4.74 Å². The summed E-state index contributed by atoms with van der Waals surface area (Å²) in [6.45, 7) is 6.16. The van der Waals surface area contributed by atoms with Crippen LogP contribution in [-0.4, -0.2) is 11.1 Å². The molecule has 0 fully saturated rings. The van der Waals surface area contributed by atoms with Gasteiger partial charge in [-0.2, -0.15) is 0 Å². The van der Waals surface area contributed by atoms with E-state index in [9.17, 15) is 9.90 Å². The van der Waals surface area contributed by atoms with Crippen molar-refractivity contribution in [2.75, 3.05) is 0 Å². The van der Waals surface area contributed by atoms with E-state index in [0.29, 0.717) is 5.56 Å². The minimum Gasteiger partial charge on any atom is -0.478 e. The molecule has 3 rings (SSSR count). The van der Waals surface area contributed by atoms with Crippen LogP contribution in [0.4, 0.5) is 0 Å². The maximum atomic E-state index is 11.6. The summed E-state index contributed by atoms with van der Waals surface area (Å²) >= 11 is 0. The molecule has 0 saturated heterocycles. The topological polar surface area (TPSA) is 46.5 Å². The minimum absolute atomic E-state index is 0.259. The molecule has 0 atom stereocenters. The van der Waals surface area contributed by atoms with E-state index in [1.807, 2.05) is 62.4 Å². The molecule has 0 radical (unpaired) electrons. The van der Waals surface area contributed by atoms with Gasteiger partial charge in [-0.15, -0.1) is 0 Å². The lowest BCUT2D eigenvalue weighted by atomic mass is 10.0. The quantitative estimate of drug-likeness (QED) is 0.447. The number of carboxylic acids is 1. The van der Waals surface area contributed by atoms with E-state index in [0.717, 1.165) is 28.2 Å². The number of carboxylic acid groups (broad SMARTS) is 1. The van der Waals surface area contributed by atoms with Crippen molar-refractivity contribution in [3.05, 3.63) is 94.5 Å². The highest BCUT2D eigenvalue weighted by Crippen LogP contribution is 2.29. The van der Waals surface area contributed by atoms with Gasteiger partial charge in [-0.1, -0.05) is 48.5 Å². The minimum atomic E-state index is -0.951. The third-order valence-corrected chi connectivity index (χ3v) is 4.50. The first kappa shape index (κ1) is 18.5. The van der Waals surface area contributed by atoms with Gasteiger partial charge in [0.15, 0.2) is 0 Å². The zero-order chi connectivity index (χ0) is 19.4. The number of aryl methyl sites for hydroxylation is 2. The van der Waals surface area contributed by atoms with Crippen molar-refractivity contribution in [1.82, 2.24) is 0 Å². The van der Waals surface area contributed by atoms with Gasteiger partial charge in [0.2, 0.25) is 0 Å². The predicted molar refractivity (Wildman–Crippen MR) is 109 cm³/mol. The van der Waals surface area contributed by atoms with Crippen LogP contribution in [-0.2, 0) is 4.79 Å². The fourth-order valence-corrected chi connectivity index (χ4v) is 2.92. The van der Waals surface area contributed by atoms with E-state index >= 15 is 0 Å². The van der Waals surface area contributed by atoms with Gasteiger partial charge in [0.1, 0.15) is 11.5 Å². The van der Waals surface area contributed by atoms with Gasteiger partial charge in [0, 0.05) is 0 Å². The molecule has 0 spiro atoms. The van der Waals surface area contributed by atoms with Gasteiger partial charge in [0.25, 0.3) is 0 Å². The van der Waals surface area contributed by atoms with E-state index in [1.165, 1.54) is 5.56 Å². The van der Waals surface area contributed by atoms with Crippen molar-refractivity contribution in [3.63, 3.8) is 0 Å². The fourth-order valence-electron chi connectivity index (χ4n) is 2.92. The summed E-state index contributed by atoms with van der Waals surface area (Å²) in [6.07, 6.45) is 1.67. The van der Waals surface area contributed by atoms with Crippen LogP contribution in [0.3, 0.4) is 0 Å². The first-order chi connectivity index (χ1) is 12.9. The zero-order valence-electron chi connectivity index (χ0n) is 15.7. The van der Waals surface area contributed by atoms with Gasteiger partial charge < -0.3 is 9.84 Å². The number of benzene rings is 3. The van der Waals surface area contributed by atoms with E-state index in [4.69, 9.17) is 4.74 Å². The molecule has 3 aromatic rings. The SMILES string of the molecule is Cc1cc(C)c(C)c(Oc2ccc(/C=C(/C(=O)O)c3ccccc3)cc2)c1. The summed E-state index contributed by atoms with van der Waals surface area (Å²) in [5.74, 6) is 0.607. The average molecular weight is 358 g/mol. The van der Waals surface area contributed by atoms with Crippen LogP contribution in [0, 0.1) is 20.8 Å². The Morgan fingerprint density at radius 2 is 1.59 bits per heavy atom. The van der Waals surface area contributed by atoms with Gasteiger partial charge in [0.05, 0.1) is 5.57 Å². The number of rotatable bonds is 5. The Labute approximate surface area is 159 Å². The Bertz CT molecular complexity index is 984. The predicted octanol–water partition coefficient (Wildman–Crippen LogP) is 6.03. The number of ether oxygens (including phenoxy) is 1. The molecule has 1 N–H and O–H groups in total. The van der Waals surface area contributed by atoms with E-state index in [-0.39, 0.29) is 5.57 Å².